The highest BCUT2D eigenvalue weighted by atomic mass is 16.5. The molecule has 0 aliphatic carbocycles. The molecule has 0 fully saturated rings. The maximum Gasteiger partial charge on any atom is 0.160 e. The van der Waals surface area contributed by atoms with E-state index in [-0.39, 0.29) is 5.75 Å². The standard InChI is InChI=1S/C8H11NO2/c9-5-6-11-8-4-2-1-3-7(8)10/h1-4,10H,5-6,9H2. The van der Waals surface area contributed by atoms with Gasteiger partial charge in [0.1, 0.15) is 6.61 Å². The number of phenolic OH excluding ortho intramolecular Hbond substituents is 1. The van der Waals surface area contributed by atoms with E-state index in [1.165, 1.54) is 0 Å². The van der Waals surface area contributed by atoms with Gasteiger partial charge >= 0.3 is 0 Å². The summed E-state index contributed by atoms with van der Waals surface area (Å²) < 4.78 is 5.11. The first-order valence-electron chi connectivity index (χ1n) is 3.45. The van der Waals surface area contributed by atoms with Crippen molar-refractivity contribution >= 4 is 0 Å². The Morgan fingerprint density at radius 3 is 2.73 bits per heavy atom. The van der Waals surface area contributed by atoms with Crippen LogP contribution in [0.3, 0.4) is 0 Å². The van der Waals surface area contributed by atoms with Gasteiger partial charge in [-0.15, -0.1) is 0 Å². The van der Waals surface area contributed by atoms with Gasteiger partial charge in [-0.3, -0.25) is 0 Å². The van der Waals surface area contributed by atoms with Crippen LogP contribution in [0, 0.1) is 0 Å². The Balaban J connectivity index is 2.62. The number of para-hydroxylation sites is 2. The molecule has 0 spiro atoms. The maximum absolute atomic E-state index is 9.17. The van der Waals surface area contributed by atoms with Crippen molar-refractivity contribution in [2.45, 2.75) is 0 Å². The quantitative estimate of drug-likeness (QED) is 0.673. The number of rotatable bonds is 3. The average molecular weight is 153 g/mol. The first-order chi connectivity index (χ1) is 5.34. The molecule has 0 aromatic heterocycles. The van der Waals surface area contributed by atoms with Gasteiger partial charge in [-0.1, -0.05) is 12.1 Å². The van der Waals surface area contributed by atoms with Gasteiger partial charge in [0, 0.05) is 6.54 Å². The van der Waals surface area contributed by atoms with E-state index < -0.39 is 0 Å². The first kappa shape index (κ1) is 7.88. The molecule has 0 aliphatic heterocycles. The molecule has 0 saturated carbocycles. The van der Waals surface area contributed by atoms with Gasteiger partial charge in [0.2, 0.25) is 0 Å². The number of ether oxygens (including phenoxy) is 1. The number of hydrogen-bond donors (Lipinski definition) is 2. The van der Waals surface area contributed by atoms with Crippen LogP contribution in [0.1, 0.15) is 0 Å². The van der Waals surface area contributed by atoms with Crippen LogP contribution in [0.5, 0.6) is 11.5 Å². The third-order valence-corrected chi connectivity index (χ3v) is 1.24. The predicted molar refractivity (Wildman–Crippen MR) is 42.7 cm³/mol. The Morgan fingerprint density at radius 1 is 1.36 bits per heavy atom. The number of aromatic hydroxyl groups is 1. The van der Waals surface area contributed by atoms with Crippen LogP contribution >= 0.6 is 0 Å². The summed E-state index contributed by atoms with van der Waals surface area (Å²) in [7, 11) is 0. The molecule has 1 aromatic carbocycles. The van der Waals surface area contributed by atoms with Crippen LogP contribution in [0.2, 0.25) is 0 Å². The van der Waals surface area contributed by atoms with Crippen molar-refractivity contribution in [3.8, 4) is 11.5 Å². The Hall–Kier alpha value is -1.22. The van der Waals surface area contributed by atoms with Gasteiger partial charge in [0.15, 0.2) is 11.5 Å². The zero-order chi connectivity index (χ0) is 8.10. The molecule has 0 aliphatic rings. The minimum Gasteiger partial charge on any atom is -0.504 e. The lowest BCUT2D eigenvalue weighted by Crippen LogP contribution is -2.10. The third kappa shape index (κ3) is 2.13. The second-order valence-electron chi connectivity index (χ2n) is 2.10. The van der Waals surface area contributed by atoms with Crippen LogP contribution in [0.15, 0.2) is 24.3 Å². The summed E-state index contributed by atoms with van der Waals surface area (Å²) in [5.41, 5.74) is 5.22. The number of benzene rings is 1. The van der Waals surface area contributed by atoms with E-state index >= 15 is 0 Å². The van der Waals surface area contributed by atoms with E-state index in [1.807, 2.05) is 0 Å². The van der Waals surface area contributed by atoms with E-state index in [4.69, 9.17) is 10.5 Å². The van der Waals surface area contributed by atoms with E-state index in [0.29, 0.717) is 18.9 Å². The molecule has 1 aromatic rings. The van der Waals surface area contributed by atoms with E-state index in [9.17, 15) is 5.11 Å². The summed E-state index contributed by atoms with van der Waals surface area (Å²) in [5.74, 6) is 0.638. The Kier molecular flexibility index (Phi) is 2.74. The highest BCUT2D eigenvalue weighted by Crippen LogP contribution is 2.23. The fourth-order valence-corrected chi connectivity index (χ4v) is 0.748. The van der Waals surface area contributed by atoms with Gasteiger partial charge in [-0.25, -0.2) is 0 Å². The van der Waals surface area contributed by atoms with Crippen LogP contribution in [-0.2, 0) is 0 Å². The van der Waals surface area contributed by atoms with Crippen molar-refractivity contribution in [3.05, 3.63) is 24.3 Å². The minimum absolute atomic E-state index is 0.154. The lowest BCUT2D eigenvalue weighted by Gasteiger charge is -2.04. The monoisotopic (exact) mass is 153 g/mol. The smallest absolute Gasteiger partial charge is 0.160 e. The normalized spacial score (nSPS) is 9.55. The Morgan fingerprint density at radius 2 is 2.09 bits per heavy atom. The molecule has 0 heterocycles. The summed E-state index contributed by atoms with van der Waals surface area (Å²) in [4.78, 5) is 0. The van der Waals surface area contributed by atoms with Crippen molar-refractivity contribution in [1.29, 1.82) is 0 Å². The molecule has 3 heteroatoms. The highest BCUT2D eigenvalue weighted by molar-refractivity contribution is 5.37. The summed E-state index contributed by atoms with van der Waals surface area (Å²) in [6.07, 6.45) is 0. The van der Waals surface area contributed by atoms with Crippen molar-refractivity contribution in [3.63, 3.8) is 0 Å². The molecule has 60 valence electrons. The van der Waals surface area contributed by atoms with Crippen molar-refractivity contribution < 1.29 is 9.84 Å². The predicted octanol–water partition coefficient (Wildman–Crippen LogP) is 0.730. The summed E-state index contributed by atoms with van der Waals surface area (Å²) in [5, 5.41) is 9.17. The molecule has 1 rings (SSSR count). The zero-order valence-corrected chi connectivity index (χ0v) is 6.16. The lowest BCUT2D eigenvalue weighted by molar-refractivity contribution is 0.308. The summed E-state index contributed by atoms with van der Waals surface area (Å²) in [6.45, 7) is 0.881. The van der Waals surface area contributed by atoms with E-state index in [2.05, 4.69) is 0 Å². The molecule has 3 N–H and O–H groups in total. The van der Waals surface area contributed by atoms with Gasteiger partial charge < -0.3 is 15.6 Å². The van der Waals surface area contributed by atoms with Crippen molar-refractivity contribution in [2.75, 3.05) is 13.2 Å². The fraction of sp³-hybridized carbons (Fsp3) is 0.250. The minimum atomic E-state index is 0.154. The summed E-state index contributed by atoms with van der Waals surface area (Å²) in [6, 6.07) is 6.81. The first-order valence-corrected chi connectivity index (χ1v) is 3.45. The number of nitrogens with two attached hydrogens (primary N) is 1. The van der Waals surface area contributed by atoms with E-state index in [0.717, 1.165) is 0 Å². The molecule has 11 heavy (non-hydrogen) atoms. The van der Waals surface area contributed by atoms with Crippen LogP contribution < -0.4 is 10.5 Å². The Labute approximate surface area is 65.4 Å². The van der Waals surface area contributed by atoms with Crippen LogP contribution in [0.4, 0.5) is 0 Å². The second kappa shape index (κ2) is 3.83. The molecule has 0 unspecified atom stereocenters. The Bertz CT molecular complexity index is 225. The highest BCUT2D eigenvalue weighted by Gasteiger charge is 1.97. The largest absolute Gasteiger partial charge is 0.504 e. The lowest BCUT2D eigenvalue weighted by atomic mass is 10.3. The maximum atomic E-state index is 9.17. The molecule has 0 amide bonds. The van der Waals surface area contributed by atoms with Crippen LogP contribution in [-0.4, -0.2) is 18.3 Å². The summed E-state index contributed by atoms with van der Waals surface area (Å²) >= 11 is 0. The van der Waals surface area contributed by atoms with Crippen LogP contribution in [0.25, 0.3) is 0 Å². The van der Waals surface area contributed by atoms with Gasteiger partial charge in [0.25, 0.3) is 0 Å². The van der Waals surface area contributed by atoms with E-state index in [1.54, 1.807) is 24.3 Å². The van der Waals surface area contributed by atoms with Crippen molar-refractivity contribution in [1.82, 2.24) is 0 Å². The molecular weight excluding hydrogens is 142 g/mol. The van der Waals surface area contributed by atoms with Gasteiger partial charge in [-0.05, 0) is 12.1 Å². The zero-order valence-electron chi connectivity index (χ0n) is 6.16. The van der Waals surface area contributed by atoms with Gasteiger partial charge in [0.05, 0.1) is 0 Å². The van der Waals surface area contributed by atoms with Crippen molar-refractivity contribution in [2.24, 2.45) is 5.73 Å². The third-order valence-electron chi connectivity index (χ3n) is 1.24. The molecule has 0 bridgehead atoms. The number of hydrogen-bond acceptors (Lipinski definition) is 3. The second-order valence-corrected chi connectivity index (χ2v) is 2.10. The SMILES string of the molecule is NCCOc1ccccc1O. The average Bonchev–Trinajstić information content (AvgIpc) is 2.03. The fourth-order valence-electron chi connectivity index (χ4n) is 0.748. The molecule has 0 saturated heterocycles. The molecular formula is C8H11NO2. The molecule has 3 nitrogen and oxygen atoms in total. The topological polar surface area (TPSA) is 55.5 Å². The van der Waals surface area contributed by atoms with Gasteiger partial charge in [-0.2, -0.15) is 0 Å². The molecule has 0 atom stereocenters. The number of phenols is 1. The molecule has 0 radical (unpaired) electrons.